The Balaban J connectivity index is 2.00. The molecule has 8 heteroatoms. The Hall–Kier alpha value is -3.13. The van der Waals surface area contributed by atoms with Crippen LogP contribution < -0.4 is 25.4 Å². The van der Waals surface area contributed by atoms with Gasteiger partial charge in [-0.3, -0.25) is 4.79 Å². The van der Waals surface area contributed by atoms with Crippen molar-refractivity contribution in [3.63, 3.8) is 0 Å². The lowest BCUT2D eigenvalue weighted by atomic mass is 9.94. The quantitative estimate of drug-likeness (QED) is 0.668. The van der Waals surface area contributed by atoms with E-state index >= 15 is 0 Å². The lowest BCUT2D eigenvalue weighted by Gasteiger charge is -2.30. The number of amides is 1. The molecule has 1 heterocycles. The number of hydrogen-bond donors (Lipinski definition) is 3. The number of carbonyl (C=O) groups is 1. The molecule has 0 aromatic heterocycles. The standard InChI is InChI=1S/C20H20FN3O3S/c1-11-17(18(24-20(28)22-11)13-6-4-5-7-14(13)21)19(25)23-15-10-12(26-2)8-9-16(15)27-3/h4-10,18H,1-3H3,(H,23,25)(H2,22,24,28). The van der Waals surface area contributed by atoms with Crippen molar-refractivity contribution in [2.24, 2.45) is 0 Å². The number of ether oxygens (including phenoxy) is 2. The normalized spacial score (nSPS) is 16.1. The smallest absolute Gasteiger partial charge is 0.255 e. The molecule has 3 rings (SSSR count). The lowest BCUT2D eigenvalue weighted by Crippen LogP contribution is -2.46. The van der Waals surface area contributed by atoms with Crippen molar-refractivity contribution >= 4 is 28.9 Å². The van der Waals surface area contributed by atoms with Crippen molar-refractivity contribution in [1.82, 2.24) is 10.6 Å². The molecule has 0 spiro atoms. The van der Waals surface area contributed by atoms with Gasteiger partial charge in [0.2, 0.25) is 0 Å². The Labute approximate surface area is 167 Å². The number of anilines is 1. The number of benzene rings is 2. The monoisotopic (exact) mass is 401 g/mol. The number of methoxy groups -OCH3 is 2. The molecular formula is C20H20FN3O3S. The summed E-state index contributed by atoms with van der Waals surface area (Å²) >= 11 is 5.20. The molecule has 0 radical (unpaired) electrons. The fraction of sp³-hybridized carbons (Fsp3) is 0.200. The van der Waals surface area contributed by atoms with Crippen molar-refractivity contribution in [1.29, 1.82) is 0 Å². The van der Waals surface area contributed by atoms with Crippen LogP contribution in [0.4, 0.5) is 10.1 Å². The number of hydrogen-bond acceptors (Lipinski definition) is 4. The van der Waals surface area contributed by atoms with Crippen LogP contribution in [0.5, 0.6) is 11.5 Å². The number of allylic oxidation sites excluding steroid dienone is 1. The van der Waals surface area contributed by atoms with E-state index in [0.717, 1.165) is 0 Å². The predicted molar refractivity (Wildman–Crippen MR) is 109 cm³/mol. The third kappa shape index (κ3) is 3.91. The second-order valence-electron chi connectivity index (χ2n) is 6.11. The van der Waals surface area contributed by atoms with Crippen molar-refractivity contribution in [2.75, 3.05) is 19.5 Å². The first-order chi connectivity index (χ1) is 13.4. The number of thiocarbonyl (C=S) groups is 1. The van der Waals surface area contributed by atoms with Gasteiger partial charge in [-0.15, -0.1) is 0 Å². The maximum Gasteiger partial charge on any atom is 0.255 e. The van der Waals surface area contributed by atoms with Gasteiger partial charge in [0.15, 0.2) is 5.11 Å². The summed E-state index contributed by atoms with van der Waals surface area (Å²) in [6, 6.07) is 10.6. The van der Waals surface area contributed by atoms with Gasteiger partial charge >= 0.3 is 0 Å². The molecule has 3 N–H and O–H groups in total. The predicted octanol–water partition coefficient (Wildman–Crippen LogP) is 3.27. The fourth-order valence-corrected chi connectivity index (χ4v) is 3.31. The molecule has 1 aliphatic heterocycles. The maximum absolute atomic E-state index is 14.4. The fourth-order valence-electron chi connectivity index (χ4n) is 3.04. The molecule has 2 aromatic carbocycles. The third-order valence-corrected chi connectivity index (χ3v) is 4.60. The SMILES string of the molecule is COc1ccc(OC)c(NC(=O)C2=C(C)NC(=S)NC2c2ccccc2F)c1. The Kier molecular flexibility index (Phi) is 5.79. The largest absolute Gasteiger partial charge is 0.497 e. The highest BCUT2D eigenvalue weighted by molar-refractivity contribution is 7.80. The minimum atomic E-state index is -0.730. The van der Waals surface area contributed by atoms with E-state index in [4.69, 9.17) is 21.7 Å². The third-order valence-electron chi connectivity index (χ3n) is 4.38. The molecule has 1 aliphatic rings. The van der Waals surface area contributed by atoms with Crippen LogP contribution >= 0.6 is 12.2 Å². The molecule has 1 amide bonds. The van der Waals surface area contributed by atoms with Crippen LogP contribution in [-0.2, 0) is 4.79 Å². The summed E-state index contributed by atoms with van der Waals surface area (Å²) in [5.41, 5.74) is 1.63. The average molecular weight is 401 g/mol. The maximum atomic E-state index is 14.4. The molecule has 0 bridgehead atoms. The van der Waals surface area contributed by atoms with Gasteiger partial charge < -0.3 is 25.4 Å². The van der Waals surface area contributed by atoms with Crippen LogP contribution in [0.15, 0.2) is 53.7 Å². The van der Waals surface area contributed by atoms with Crippen LogP contribution in [0.2, 0.25) is 0 Å². The summed E-state index contributed by atoms with van der Waals surface area (Å²) < 4.78 is 24.9. The topological polar surface area (TPSA) is 71.6 Å². The van der Waals surface area contributed by atoms with E-state index in [1.807, 2.05) is 0 Å². The van der Waals surface area contributed by atoms with E-state index in [9.17, 15) is 9.18 Å². The molecule has 2 aromatic rings. The molecular weight excluding hydrogens is 381 g/mol. The molecule has 1 atom stereocenters. The molecule has 146 valence electrons. The van der Waals surface area contributed by atoms with E-state index in [1.54, 1.807) is 43.3 Å². The molecule has 28 heavy (non-hydrogen) atoms. The van der Waals surface area contributed by atoms with Crippen molar-refractivity contribution < 1.29 is 18.7 Å². The summed E-state index contributed by atoms with van der Waals surface area (Å²) in [6.45, 7) is 1.72. The van der Waals surface area contributed by atoms with Gasteiger partial charge in [-0.2, -0.15) is 0 Å². The Morgan fingerprint density at radius 1 is 1.18 bits per heavy atom. The first-order valence-corrected chi connectivity index (χ1v) is 8.91. The van der Waals surface area contributed by atoms with Crippen LogP contribution in [0.25, 0.3) is 0 Å². The zero-order valence-corrected chi connectivity index (χ0v) is 16.4. The summed E-state index contributed by atoms with van der Waals surface area (Å²) in [5, 5.41) is 9.05. The average Bonchev–Trinajstić information content (AvgIpc) is 2.67. The van der Waals surface area contributed by atoms with E-state index in [0.29, 0.717) is 39.1 Å². The van der Waals surface area contributed by atoms with Crippen LogP contribution in [-0.4, -0.2) is 25.2 Å². The highest BCUT2D eigenvalue weighted by atomic mass is 32.1. The zero-order valence-electron chi connectivity index (χ0n) is 15.6. The van der Waals surface area contributed by atoms with Gasteiger partial charge in [0.1, 0.15) is 17.3 Å². The first-order valence-electron chi connectivity index (χ1n) is 8.50. The van der Waals surface area contributed by atoms with E-state index in [-0.39, 0.29) is 0 Å². The highest BCUT2D eigenvalue weighted by Gasteiger charge is 2.31. The lowest BCUT2D eigenvalue weighted by molar-refractivity contribution is -0.113. The van der Waals surface area contributed by atoms with Crippen LogP contribution in [0, 0.1) is 5.82 Å². The second kappa shape index (κ2) is 8.26. The Morgan fingerprint density at radius 3 is 2.61 bits per heavy atom. The number of nitrogens with one attached hydrogen (secondary N) is 3. The number of carbonyl (C=O) groups excluding carboxylic acids is 1. The Morgan fingerprint density at radius 2 is 1.93 bits per heavy atom. The van der Waals surface area contributed by atoms with Gasteiger partial charge in [-0.1, -0.05) is 18.2 Å². The number of halogens is 1. The van der Waals surface area contributed by atoms with E-state index < -0.39 is 17.8 Å². The summed E-state index contributed by atoms with van der Waals surface area (Å²) in [4.78, 5) is 13.1. The summed E-state index contributed by atoms with van der Waals surface area (Å²) in [5.74, 6) is 0.192. The molecule has 0 saturated carbocycles. The molecule has 0 fully saturated rings. The number of rotatable bonds is 5. The van der Waals surface area contributed by atoms with Gasteiger partial charge in [-0.05, 0) is 37.3 Å². The molecule has 0 saturated heterocycles. The van der Waals surface area contributed by atoms with E-state index in [1.165, 1.54) is 20.3 Å². The van der Waals surface area contributed by atoms with Gasteiger partial charge in [0.05, 0.1) is 31.5 Å². The van der Waals surface area contributed by atoms with Gasteiger partial charge in [0.25, 0.3) is 5.91 Å². The van der Waals surface area contributed by atoms with Crippen molar-refractivity contribution in [2.45, 2.75) is 13.0 Å². The summed E-state index contributed by atoms with van der Waals surface area (Å²) in [6.07, 6.45) is 0. The van der Waals surface area contributed by atoms with Gasteiger partial charge in [0, 0.05) is 17.3 Å². The Bertz CT molecular complexity index is 961. The van der Waals surface area contributed by atoms with Crippen molar-refractivity contribution in [3.8, 4) is 11.5 Å². The second-order valence-corrected chi connectivity index (χ2v) is 6.52. The molecule has 0 aliphatic carbocycles. The van der Waals surface area contributed by atoms with Crippen LogP contribution in [0.3, 0.4) is 0 Å². The van der Waals surface area contributed by atoms with Crippen LogP contribution in [0.1, 0.15) is 18.5 Å². The first kappa shape index (κ1) is 19.6. The summed E-state index contributed by atoms with van der Waals surface area (Å²) in [7, 11) is 3.04. The van der Waals surface area contributed by atoms with E-state index in [2.05, 4.69) is 16.0 Å². The van der Waals surface area contributed by atoms with Crippen molar-refractivity contribution in [3.05, 3.63) is 65.1 Å². The minimum Gasteiger partial charge on any atom is -0.497 e. The zero-order chi connectivity index (χ0) is 20.3. The van der Waals surface area contributed by atoms with Gasteiger partial charge in [-0.25, -0.2) is 4.39 Å². The molecule has 1 unspecified atom stereocenters. The molecule has 6 nitrogen and oxygen atoms in total. The minimum absolute atomic E-state index is 0.321. The highest BCUT2D eigenvalue weighted by Crippen LogP contribution is 2.32.